The fourth-order valence-electron chi connectivity index (χ4n) is 1.96. The van der Waals surface area contributed by atoms with E-state index in [1.165, 1.54) is 11.0 Å². The number of hydrogen-bond acceptors (Lipinski definition) is 5. The van der Waals surface area contributed by atoms with Gasteiger partial charge in [-0.2, -0.15) is 0 Å². The lowest BCUT2D eigenvalue weighted by Crippen LogP contribution is -2.34. The van der Waals surface area contributed by atoms with E-state index in [4.69, 9.17) is 0 Å². The van der Waals surface area contributed by atoms with E-state index in [2.05, 4.69) is 20.8 Å². The number of hydrogen-bond donors (Lipinski definition) is 2. The molecule has 2 unspecified atom stereocenters. The van der Waals surface area contributed by atoms with Gasteiger partial charge in [0, 0.05) is 12.5 Å². The predicted molar refractivity (Wildman–Crippen MR) is 54.2 cm³/mol. The summed E-state index contributed by atoms with van der Waals surface area (Å²) in [6.45, 7) is 0.651. The molecule has 16 heavy (non-hydrogen) atoms. The Morgan fingerprint density at radius 1 is 1.56 bits per heavy atom. The molecule has 0 bridgehead atoms. The van der Waals surface area contributed by atoms with Crippen LogP contribution in [0.4, 0.5) is 0 Å². The van der Waals surface area contributed by atoms with Gasteiger partial charge in [0.2, 0.25) is 5.91 Å². The number of nitrogens with one attached hydrogen (secondary N) is 1. The first kappa shape index (κ1) is 11.0. The van der Waals surface area contributed by atoms with Gasteiger partial charge >= 0.3 is 0 Å². The Morgan fingerprint density at radius 2 is 2.44 bits per heavy atom. The van der Waals surface area contributed by atoms with Crippen molar-refractivity contribution < 1.29 is 9.90 Å². The van der Waals surface area contributed by atoms with Crippen LogP contribution in [0.15, 0.2) is 6.33 Å². The van der Waals surface area contributed by atoms with Gasteiger partial charge in [0.05, 0.1) is 6.10 Å². The Bertz CT molecular complexity index is 340. The van der Waals surface area contributed by atoms with Crippen LogP contribution >= 0.6 is 0 Å². The second-order valence-electron chi connectivity index (χ2n) is 4.07. The molecule has 7 nitrogen and oxygen atoms in total. The van der Waals surface area contributed by atoms with Crippen molar-refractivity contribution in [2.75, 3.05) is 6.54 Å². The molecule has 0 saturated heterocycles. The van der Waals surface area contributed by atoms with Crippen molar-refractivity contribution in [3.63, 3.8) is 0 Å². The zero-order valence-corrected chi connectivity index (χ0v) is 8.91. The summed E-state index contributed by atoms with van der Waals surface area (Å²) in [5.74, 6) is 0.0595. The number of carbonyl (C=O) groups is 1. The van der Waals surface area contributed by atoms with Crippen LogP contribution in [0.25, 0.3) is 0 Å². The summed E-state index contributed by atoms with van der Waals surface area (Å²) in [6.07, 6.45) is 3.98. The Labute approximate surface area is 92.8 Å². The maximum Gasteiger partial charge on any atom is 0.241 e. The van der Waals surface area contributed by atoms with Crippen molar-refractivity contribution in [3.05, 3.63) is 6.33 Å². The normalized spacial score (nSPS) is 24.6. The van der Waals surface area contributed by atoms with Crippen LogP contribution in [0.5, 0.6) is 0 Å². The molecule has 0 aliphatic heterocycles. The monoisotopic (exact) mass is 225 g/mol. The van der Waals surface area contributed by atoms with Gasteiger partial charge in [-0.05, 0) is 23.3 Å². The van der Waals surface area contributed by atoms with Crippen molar-refractivity contribution in [2.24, 2.45) is 5.92 Å². The molecule has 0 aromatic carbocycles. The molecule has 1 aromatic rings. The lowest BCUT2D eigenvalue weighted by atomic mass is 10.1. The highest BCUT2D eigenvalue weighted by molar-refractivity contribution is 5.75. The van der Waals surface area contributed by atoms with Gasteiger partial charge in [-0.15, -0.1) is 5.10 Å². The van der Waals surface area contributed by atoms with Crippen LogP contribution in [0.1, 0.15) is 19.3 Å². The number of rotatable bonds is 4. The maximum absolute atomic E-state index is 11.5. The predicted octanol–water partition coefficient (Wildman–Crippen LogP) is -1.05. The molecule has 7 heteroatoms. The lowest BCUT2D eigenvalue weighted by molar-refractivity contribution is -0.122. The summed E-state index contributed by atoms with van der Waals surface area (Å²) in [5.41, 5.74) is 0. The van der Waals surface area contributed by atoms with E-state index < -0.39 is 0 Å². The first-order valence-electron chi connectivity index (χ1n) is 5.41. The van der Waals surface area contributed by atoms with Crippen molar-refractivity contribution in [2.45, 2.75) is 31.9 Å². The third-order valence-corrected chi connectivity index (χ3v) is 2.88. The van der Waals surface area contributed by atoms with Crippen molar-refractivity contribution >= 4 is 5.91 Å². The van der Waals surface area contributed by atoms with Crippen LogP contribution in [0.2, 0.25) is 0 Å². The molecule has 1 saturated carbocycles. The first-order chi connectivity index (χ1) is 7.75. The molecule has 1 fully saturated rings. The summed E-state index contributed by atoms with van der Waals surface area (Å²) in [6, 6.07) is 0. The average Bonchev–Trinajstić information content (AvgIpc) is 2.87. The minimum atomic E-state index is -0.270. The number of aromatic nitrogens is 4. The molecule has 1 aromatic heterocycles. The molecule has 2 rings (SSSR count). The van der Waals surface area contributed by atoms with Crippen molar-refractivity contribution in [3.8, 4) is 0 Å². The van der Waals surface area contributed by atoms with E-state index in [0.29, 0.717) is 6.54 Å². The molecule has 0 spiro atoms. The molecular formula is C9H15N5O2. The van der Waals surface area contributed by atoms with Gasteiger partial charge in [0.15, 0.2) is 0 Å². The average molecular weight is 225 g/mol. The zero-order valence-electron chi connectivity index (χ0n) is 8.91. The van der Waals surface area contributed by atoms with E-state index in [0.717, 1.165) is 19.3 Å². The molecule has 2 N–H and O–H groups in total. The molecule has 0 radical (unpaired) electrons. The van der Waals surface area contributed by atoms with Gasteiger partial charge in [0.1, 0.15) is 12.9 Å². The van der Waals surface area contributed by atoms with Crippen LogP contribution < -0.4 is 5.32 Å². The van der Waals surface area contributed by atoms with E-state index in [9.17, 15) is 9.90 Å². The fourth-order valence-corrected chi connectivity index (χ4v) is 1.96. The quantitative estimate of drug-likeness (QED) is 0.682. The highest BCUT2D eigenvalue weighted by Crippen LogP contribution is 2.24. The van der Waals surface area contributed by atoms with Crippen molar-refractivity contribution in [1.29, 1.82) is 0 Å². The van der Waals surface area contributed by atoms with Crippen LogP contribution in [0.3, 0.4) is 0 Å². The first-order valence-corrected chi connectivity index (χ1v) is 5.41. The van der Waals surface area contributed by atoms with Gasteiger partial charge in [0.25, 0.3) is 0 Å². The third kappa shape index (κ3) is 2.75. The van der Waals surface area contributed by atoms with Gasteiger partial charge < -0.3 is 10.4 Å². The largest absolute Gasteiger partial charge is 0.393 e. The third-order valence-electron chi connectivity index (χ3n) is 2.88. The lowest BCUT2D eigenvalue weighted by Gasteiger charge is -2.14. The standard InChI is InChI=1S/C9H15N5O2/c15-8-3-1-2-7(8)4-10-9(16)5-14-6-11-12-13-14/h6-8,15H,1-5H2,(H,10,16). The topological polar surface area (TPSA) is 92.9 Å². The van der Waals surface area contributed by atoms with Gasteiger partial charge in [-0.3, -0.25) is 4.79 Å². The number of carbonyl (C=O) groups excluding carboxylic acids is 1. The van der Waals surface area contributed by atoms with E-state index in [1.807, 2.05) is 0 Å². The molecular weight excluding hydrogens is 210 g/mol. The summed E-state index contributed by atoms with van der Waals surface area (Å²) < 4.78 is 1.36. The smallest absolute Gasteiger partial charge is 0.241 e. The van der Waals surface area contributed by atoms with Crippen LogP contribution in [0, 0.1) is 5.92 Å². The summed E-state index contributed by atoms with van der Waals surface area (Å²) in [5, 5.41) is 22.8. The maximum atomic E-state index is 11.5. The minimum Gasteiger partial charge on any atom is -0.393 e. The zero-order chi connectivity index (χ0) is 11.4. The fraction of sp³-hybridized carbons (Fsp3) is 0.778. The second kappa shape index (κ2) is 5.02. The Kier molecular flexibility index (Phi) is 3.45. The van der Waals surface area contributed by atoms with Crippen molar-refractivity contribution in [1.82, 2.24) is 25.5 Å². The molecule has 1 amide bonds. The number of nitrogens with zero attached hydrogens (tertiary/aromatic N) is 4. The molecule has 1 aliphatic rings. The van der Waals surface area contributed by atoms with Crippen LogP contribution in [-0.4, -0.2) is 43.9 Å². The Balaban J connectivity index is 1.71. The molecule has 1 aliphatic carbocycles. The highest BCUT2D eigenvalue weighted by Gasteiger charge is 2.25. The Morgan fingerprint density at radius 3 is 3.06 bits per heavy atom. The molecule has 88 valence electrons. The molecule has 2 atom stereocenters. The number of aliphatic hydroxyl groups is 1. The number of tetrazole rings is 1. The van der Waals surface area contributed by atoms with E-state index in [1.54, 1.807) is 0 Å². The number of amides is 1. The molecule has 1 heterocycles. The van der Waals surface area contributed by atoms with Crippen LogP contribution in [-0.2, 0) is 11.3 Å². The Hall–Kier alpha value is -1.50. The summed E-state index contributed by atoms with van der Waals surface area (Å²) in [7, 11) is 0. The summed E-state index contributed by atoms with van der Waals surface area (Å²) >= 11 is 0. The number of aliphatic hydroxyl groups excluding tert-OH is 1. The summed E-state index contributed by atoms with van der Waals surface area (Å²) in [4.78, 5) is 11.5. The SMILES string of the molecule is O=C(Cn1cnnn1)NCC1CCCC1O. The van der Waals surface area contributed by atoms with E-state index in [-0.39, 0.29) is 24.5 Å². The second-order valence-corrected chi connectivity index (χ2v) is 4.07. The highest BCUT2D eigenvalue weighted by atomic mass is 16.3. The minimum absolute atomic E-state index is 0.121. The van der Waals surface area contributed by atoms with Gasteiger partial charge in [-0.1, -0.05) is 6.42 Å². The van der Waals surface area contributed by atoms with Gasteiger partial charge in [-0.25, -0.2) is 4.68 Å². The van der Waals surface area contributed by atoms with E-state index >= 15 is 0 Å².